The van der Waals surface area contributed by atoms with Crippen LogP contribution in [0.25, 0.3) is 0 Å². The Morgan fingerprint density at radius 3 is 2.26 bits per heavy atom. The lowest BCUT2D eigenvalue weighted by Crippen LogP contribution is -2.41. The zero-order valence-corrected chi connectivity index (χ0v) is 12.6. The molecule has 19 heavy (non-hydrogen) atoms. The molecule has 2 N–H and O–H groups in total. The quantitative estimate of drug-likeness (QED) is 0.814. The summed E-state index contributed by atoms with van der Waals surface area (Å²) >= 11 is 0. The van der Waals surface area contributed by atoms with Crippen molar-refractivity contribution in [1.82, 2.24) is 4.90 Å². The molecule has 0 heterocycles. The van der Waals surface area contributed by atoms with Crippen molar-refractivity contribution in [2.24, 2.45) is 11.7 Å². The number of hydrogen-bond acceptors (Lipinski definition) is 2. The lowest BCUT2D eigenvalue weighted by molar-refractivity contribution is 0.155. The molecule has 0 radical (unpaired) electrons. The fourth-order valence-electron chi connectivity index (χ4n) is 3.14. The van der Waals surface area contributed by atoms with Gasteiger partial charge in [-0.15, -0.1) is 0 Å². The van der Waals surface area contributed by atoms with Crippen LogP contribution in [0.3, 0.4) is 0 Å². The van der Waals surface area contributed by atoms with Crippen LogP contribution in [0.1, 0.15) is 50.3 Å². The highest BCUT2D eigenvalue weighted by atomic mass is 15.2. The van der Waals surface area contributed by atoms with Crippen LogP contribution in [0.2, 0.25) is 0 Å². The van der Waals surface area contributed by atoms with E-state index < -0.39 is 0 Å². The van der Waals surface area contributed by atoms with Gasteiger partial charge in [0.25, 0.3) is 0 Å². The lowest BCUT2D eigenvalue weighted by Gasteiger charge is -2.34. The molecule has 0 spiro atoms. The summed E-state index contributed by atoms with van der Waals surface area (Å²) in [6.45, 7) is 5.26. The summed E-state index contributed by atoms with van der Waals surface area (Å²) in [6, 6.07) is 10.2. The predicted molar refractivity (Wildman–Crippen MR) is 82.2 cm³/mol. The van der Waals surface area contributed by atoms with Gasteiger partial charge in [-0.2, -0.15) is 0 Å². The topological polar surface area (TPSA) is 29.3 Å². The molecule has 106 valence electrons. The lowest BCUT2D eigenvalue weighted by atomic mass is 9.98. The van der Waals surface area contributed by atoms with Gasteiger partial charge in [0.15, 0.2) is 0 Å². The zero-order valence-electron chi connectivity index (χ0n) is 12.6. The summed E-state index contributed by atoms with van der Waals surface area (Å²) in [5.74, 6) is 0.832. The molecule has 1 aromatic rings. The van der Waals surface area contributed by atoms with Gasteiger partial charge in [-0.3, -0.25) is 4.90 Å². The van der Waals surface area contributed by atoms with Crippen LogP contribution in [0.4, 0.5) is 0 Å². The Kier molecular flexibility index (Phi) is 5.00. The molecule has 1 aliphatic rings. The van der Waals surface area contributed by atoms with Gasteiger partial charge in [0.05, 0.1) is 0 Å². The van der Waals surface area contributed by atoms with E-state index in [4.69, 9.17) is 5.73 Å². The molecule has 1 aliphatic carbocycles. The second-order valence-electron chi connectivity index (χ2n) is 5.83. The van der Waals surface area contributed by atoms with E-state index in [1.807, 2.05) is 0 Å². The summed E-state index contributed by atoms with van der Waals surface area (Å²) in [6.07, 6.45) is 4.97. The SMILES string of the molecule is CCc1ccc(C(CC)N(C)C(CN)C2CC2)cc1. The summed E-state index contributed by atoms with van der Waals surface area (Å²) < 4.78 is 0. The van der Waals surface area contributed by atoms with Crippen LogP contribution in [0, 0.1) is 5.92 Å². The molecule has 2 rings (SSSR count). The maximum absolute atomic E-state index is 5.99. The van der Waals surface area contributed by atoms with Crippen molar-refractivity contribution in [3.8, 4) is 0 Å². The molecule has 1 aromatic carbocycles. The van der Waals surface area contributed by atoms with E-state index in [9.17, 15) is 0 Å². The Bertz CT molecular complexity index is 381. The number of likely N-dealkylation sites (N-methyl/N-ethyl adjacent to an activating group) is 1. The van der Waals surface area contributed by atoms with Crippen molar-refractivity contribution in [3.05, 3.63) is 35.4 Å². The minimum atomic E-state index is 0.500. The minimum Gasteiger partial charge on any atom is -0.329 e. The van der Waals surface area contributed by atoms with E-state index in [1.165, 1.54) is 24.0 Å². The molecule has 0 amide bonds. The standard InChI is InChI=1S/C17H28N2/c1-4-13-6-8-14(9-7-13)16(5-2)19(3)17(12-18)15-10-11-15/h6-9,15-17H,4-5,10-12,18H2,1-3H3. The first kappa shape index (κ1) is 14.5. The maximum Gasteiger partial charge on any atom is 0.0346 e. The van der Waals surface area contributed by atoms with Crippen molar-refractivity contribution >= 4 is 0 Å². The zero-order chi connectivity index (χ0) is 13.8. The second-order valence-corrected chi connectivity index (χ2v) is 5.83. The molecule has 2 nitrogen and oxygen atoms in total. The monoisotopic (exact) mass is 260 g/mol. The molecule has 2 unspecified atom stereocenters. The summed E-state index contributed by atoms with van der Waals surface area (Å²) in [5.41, 5.74) is 8.84. The first-order chi connectivity index (χ1) is 9.21. The molecule has 0 saturated heterocycles. The average molecular weight is 260 g/mol. The van der Waals surface area contributed by atoms with Gasteiger partial charge in [-0.25, -0.2) is 0 Å². The van der Waals surface area contributed by atoms with Crippen molar-refractivity contribution in [2.75, 3.05) is 13.6 Å². The molecule has 1 fully saturated rings. The fraction of sp³-hybridized carbons (Fsp3) is 0.647. The Morgan fingerprint density at radius 2 is 1.84 bits per heavy atom. The Hall–Kier alpha value is -0.860. The second kappa shape index (κ2) is 6.53. The molecular weight excluding hydrogens is 232 g/mol. The van der Waals surface area contributed by atoms with E-state index in [2.05, 4.69) is 50.1 Å². The van der Waals surface area contributed by atoms with Gasteiger partial charge in [0.1, 0.15) is 0 Å². The van der Waals surface area contributed by atoms with Crippen molar-refractivity contribution < 1.29 is 0 Å². The molecule has 2 atom stereocenters. The van der Waals surface area contributed by atoms with Crippen LogP contribution in [-0.4, -0.2) is 24.5 Å². The van der Waals surface area contributed by atoms with Gasteiger partial charge >= 0.3 is 0 Å². The predicted octanol–water partition coefficient (Wildman–Crippen LogP) is 3.37. The van der Waals surface area contributed by atoms with Crippen LogP contribution >= 0.6 is 0 Å². The minimum absolute atomic E-state index is 0.500. The number of aryl methyl sites for hydroxylation is 1. The number of hydrogen-bond donors (Lipinski definition) is 1. The van der Waals surface area contributed by atoms with E-state index in [1.54, 1.807) is 0 Å². The highest BCUT2D eigenvalue weighted by Gasteiger charge is 2.35. The third-order valence-electron chi connectivity index (χ3n) is 4.58. The van der Waals surface area contributed by atoms with Crippen molar-refractivity contribution in [3.63, 3.8) is 0 Å². The molecule has 0 bridgehead atoms. The summed E-state index contributed by atoms with van der Waals surface area (Å²) in [5, 5.41) is 0. The van der Waals surface area contributed by atoms with Gasteiger partial charge in [0.2, 0.25) is 0 Å². The van der Waals surface area contributed by atoms with E-state index >= 15 is 0 Å². The van der Waals surface area contributed by atoms with Crippen LogP contribution < -0.4 is 5.73 Å². The Morgan fingerprint density at radius 1 is 1.21 bits per heavy atom. The van der Waals surface area contributed by atoms with Crippen LogP contribution in [0.15, 0.2) is 24.3 Å². The molecule has 0 aliphatic heterocycles. The molecule has 2 heteroatoms. The van der Waals surface area contributed by atoms with E-state index in [0.29, 0.717) is 12.1 Å². The first-order valence-electron chi connectivity index (χ1n) is 7.72. The van der Waals surface area contributed by atoms with Gasteiger partial charge < -0.3 is 5.73 Å². The highest BCUT2D eigenvalue weighted by molar-refractivity contribution is 5.25. The number of benzene rings is 1. The van der Waals surface area contributed by atoms with Crippen LogP contribution in [0.5, 0.6) is 0 Å². The third-order valence-corrected chi connectivity index (χ3v) is 4.58. The summed E-state index contributed by atoms with van der Waals surface area (Å²) in [4.78, 5) is 2.51. The largest absolute Gasteiger partial charge is 0.329 e. The third kappa shape index (κ3) is 3.37. The van der Waals surface area contributed by atoms with Crippen molar-refractivity contribution in [2.45, 2.75) is 51.6 Å². The molecule has 1 saturated carbocycles. The Balaban J connectivity index is 2.12. The highest BCUT2D eigenvalue weighted by Crippen LogP contribution is 2.38. The number of nitrogens with two attached hydrogens (primary N) is 1. The smallest absolute Gasteiger partial charge is 0.0346 e. The maximum atomic E-state index is 5.99. The Labute approximate surface area is 118 Å². The normalized spacial score (nSPS) is 18.6. The first-order valence-corrected chi connectivity index (χ1v) is 7.72. The number of rotatable bonds is 7. The van der Waals surface area contributed by atoms with Crippen molar-refractivity contribution in [1.29, 1.82) is 0 Å². The van der Waals surface area contributed by atoms with Gasteiger partial charge in [0, 0.05) is 18.6 Å². The average Bonchev–Trinajstić information content (AvgIpc) is 3.26. The fourth-order valence-corrected chi connectivity index (χ4v) is 3.14. The molecule has 0 aromatic heterocycles. The number of nitrogens with zero attached hydrogens (tertiary/aromatic N) is 1. The van der Waals surface area contributed by atoms with Crippen LogP contribution in [-0.2, 0) is 6.42 Å². The van der Waals surface area contributed by atoms with Gasteiger partial charge in [-0.1, -0.05) is 38.1 Å². The molecular formula is C17H28N2. The van der Waals surface area contributed by atoms with Gasteiger partial charge in [-0.05, 0) is 49.8 Å². The van der Waals surface area contributed by atoms with E-state index in [-0.39, 0.29) is 0 Å². The summed E-state index contributed by atoms with van der Waals surface area (Å²) in [7, 11) is 2.25. The van der Waals surface area contributed by atoms with E-state index in [0.717, 1.165) is 25.3 Å².